The van der Waals surface area contributed by atoms with Gasteiger partial charge < -0.3 is 0 Å². The fourth-order valence-corrected chi connectivity index (χ4v) is 0.874. The van der Waals surface area contributed by atoms with Crippen LogP contribution in [0.3, 0.4) is 0 Å². The van der Waals surface area contributed by atoms with Crippen LogP contribution in [0, 0.1) is 0 Å². The number of nitrogens with zero attached hydrogens (tertiary/aromatic N) is 1. The van der Waals surface area contributed by atoms with Gasteiger partial charge >= 0.3 is 0 Å². The van der Waals surface area contributed by atoms with Gasteiger partial charge in [-0.05, 0) is 17.6 Å². The van der Waals surface area contributed by atoms with Crippen molar-refractivity contribution in [3.8, 4) is 0 Å². The molecule has 48 valence electrons. The molecule has 0 bridgehead atoms. The highest BCUT2D eigenvalue weighted by Gasteiger charge is 2.03. The molecule has 0 aliphatic rings. The first-order valence-corrected chi connectivity index (χ1v) is 2.97. The number of hydrogen-bond acceptors (Lipinski definition) is 4. The number of carbonyl (C=O) groups is 1. The van der Waals surface area contributed by atoms with E-state index in [0.29, 0.717) is 4.88 Å². The van der Waals surface area contributed by atoms with Crippen molar-refractivity contribution < 1.29 is 10.0 Å². The van der Waals surface area contributed by atoms with Crippen molar-refractivity contribution in [2.24, 2.45) is 0 Å². The highest BCUT2D eigenvalue weighted by Crippen LogP contribution is 2.02. The van der Waals surface area contributed by atoms with Crippen molar-refractivity contribution in [3.05, 3.63) is 17.1 Å². The second kappa shape index (κ2) is 2.56. The van der Waals surface area contributed by atoms with Gasteiger partial charge in [-0.25, -0.2) is 9.85 Å². The minimum absolute atomic E-state index is 0.400. The highest BCUT2D eigenvalue weighted by atomic mass is 32.1. The molecule has 1 rings (SSSR count). The summed E-state index contributed by atoms with van der Waals surface area (Å²) in [6.45, 7) is 0. The van der Waals surface area contributed by atoms with E-state index in [0.717, 1.165) is 11.5 Å². The molecule has 0 saturated heterocycles. The van der Waals surface area contributed by atoms with Crippen molar-refractivity contribution in [2.75, 3.05) is 0 Å². The van der Waals surface area contributed by atoms with Crippen LogP contribution in [-0.2, 0) is 0 Å². The van der Waals surface area contributed by atoms with Gasteiger partial charge in [0.25, 0.3) is 5.91 Å². The molecule has 0 spiro atoms. The maximum atomic E-state index is 10.5. The quantitative estimate of drug-likeness (QED) is 0.439. The Morgan fingerprint density at radius 2 is 2.67 bits per heavy atom. The maximum Gasteiger partial charge on any atom is 0.286 e. The summed E-state index contributed by atoms with van der Waals surface area (Å²) in [6, 6.07) is 1.52. The lowest BCUT2D eigenvalue weighted by atomic mass is 10.5. The van der Waals surface area contributed by atoms with E-state index in [1.54, 1.807) is 0 Å². The Morgan fingerprint density at radius 1 is 1.89 bits per heavy atom. The fourth-order valence-electron chi connectivity index (χ4n) is 0.388. The lowest BCUT2D eigenvalue weighted by Crippen LogP contribution is -2.16. The van der Waals surface area contributed by atoms with Crippen molar-refractivity contribution in [1.82, 2.24) is 9.85 Å². The Balaban J connectivity index is 2.77. The van der Waals surface area contributed by atoms with E-state index in [1.807, 2.05) is 0 Å². The zero-order valence-corrected chi connectivity index (χ0v) is 5.18. The standard InChI is InChI=1S/C4H4N2O2S/c7-4(6-8)3-1-2-5-9-3/h1-2,8H,(H,6,7). The van der Waals surface area contributed by atoms with Gasteiger partial charge in [0.2, 0.25) is 0 Å². The minimum atomic E-state index is -0.516. The van der Waals surface area contributed by atoms with Crippen LogP contribution in [-0.4, -0.2) is 15.5 Å². The van der Waals surface area contributed by atoms with E-state index in [-0.39, 0.29) is 0 Å². The molecule has 0 unspecified atom stereocenters. The van der Waals surface area contributed by atoms with Gasteiger partial charge in [-0.1, -0.05) is 0 Å². The fraction of sp³-hybridized carbons (Fsp3) is 0. The number of nitrogens with one attached hydrogen (secondary N) is 1. The molecule has 0 saturated carbocycles. The normalized spacial score (nSPS) is 9.00. The van der Waals surface area contributed by atoms with Crippen LogP contribution in [0.15, 0.2) is 12.3 Å². The molecule has 0 aromatic carbocycles. The molecule has 1 aromatic rings. The summed E-state index contributed by atoms with van der Waals surface area (Å²) >= 11 is 1.03. The van der Waals surface area contributed by atoms with Crippen LogP contribution in [0.5, 0.6) is 0 Å². The Labute approximate surface area is 55.3 Å². The Bertz CT molecular complexity index is 196. The summed E-state index contributed by atoms with van der Waals surface area (Å²) < 4.78 is 3.66. The molecule has 2 N–H and O–H groups in total. The van der Waals surface area contributed by atoms with Crippen molar-refractivity contribution in [3.63, 3.8) is 0 Å². The molecular formula is C4H4N2O2S. The number of aromatic nitrogens is 1. The molecule has 4 nitrogen and oxygen atoms in total. The van der Waals surface area contributed by atoms with Crippen LogP contribution in [0.25, 0.3) is 0 Å². The molecular weight excluding hydrogens is 140 g/mol. The lowest BCUT2D eigenvalue weighted by molar-refractivity contribution is 0.0711. The molecule has 0 fully saturated rings. The summed E-state index contributed by atoms with van der Waals surface area (Å²) in [4.78, 5) is 10.9. The van der Waals surface area contributed by atoms with Gasteiger partial charge in [0.15, 0.2) is 0 Å². The Hall–Kier alpha value is -0.940. The largest absolute Gasteiger partial charge is 0.288 e. The van der Waals surface area contributed by atoms with E-state index >= 15 is 0 Å². The Kier molecular flexibility index (Phi) is 1.76. The molecule has 0 aliphatic carbocycles. The SMILES string of the molecule is O=C(NO)c1ccns1. The van der Waals surface area contributed by atoms with Crippen molar-refractivity contribution in [1.29, 1.82) is 0 Å². The van der Waals surface area contributed by atoms with Crippen LogP contribution < -0.4 is 5.48 Å². The smallest absolute Gasteiger partial charge is 0.286 e. The van der Waals surface area contributed by atoms with Gasteiger partial charge in [0.1, 0.15) is 4.88 Å². The molecule has 5 heteroatoms. The van der Waals surface area contributed by atoms with E-state index in [4.69, 9.17) is 5.21 Å². The van der Waals surface area contributed by atoms with Gasteiger partial charge in [-0.2, -0.15) is 0 Å². The highest BCUT2D eigenvalue weighted by molar-refractivity contribution is 7.08. The van der Waals surface area contributed by atoms with Gasteiger partial charge in [-0.15, -0.1) is 0 Å². The van der Waals surface area contributed by atoms with E-state index in [9.17, 15) is 4.79 Å². The average molecular weight is 144 g/mol. The third-order valence-electron chi connectivity index (χ3n) is 0.763. The zero-order chi connectivity index (χ0) is 6.69. The second-order valence-electron chi connectivity index (χ2n) is 1.32. The summed E-state index contributed by atoms with van der Waals surface area (Å²) in [5.74, 6) is -0.516. The summed E-state index contributed by atoms with van der Waals surface area (Å²) in [5.41, 5.74) is 1.50. The third-order valence-corrected chi connectivity index (χ3v) is 1.51. The van der Waals surface area contributed by atoms with Crippen LogP contribution >= 0.6 is 11.5 Å². The number of hydrogen-bond donors (Lipinski definition) is 2. The first-order valence-electron chi connectivity index (χ1n) is 2.19. The molecule has 1 aromatic heterocycles. The predicted octanol–water partition coefficient (Wildman–Crippen LogP) is 0.262. The Morgan fingerprint density at radius 3 is 3.11 bits per heavy atom. The molecule has 0 atom stereocenters. The molecule has 0 aliphatic heterocycles. The number of amides is 1. The topological polar surface area (TPSA) is 62.2 Å². The first kappa shape index (κ1) is 6.18. The van der Waals surface area contributed by atoms with Crippen molar-refractivity contribution >= 4 is 17.4 Å². The maximum absolute atomic E-state index is 10.5. The monoisotopic (exact) mass is 144 g/mol. The summed E-state index contributed by atoms with van der Waals surface area (Å²) in [5, 5.41) is 8.09. The number of rotatable bonds is 1. The molecule has 1 amide bonds. The molecule has 1 heterocycles. The van der Waals surface area contributed by atoms with E-state index < -0.39 is 5.91 Å². The zero-order valence-electron chi connectivity index (χ0n) is 4.37. The molecule has 0 radical (unpaired) electrons. The van der Waals surface area contributed by atoms with Crippen LogP contribution in [0.2, 0.25) is 0 Å². The predicted molar refractivity (Wildman–Crippen MR) is 31.4 cm³/mol. The van der Waals surface area contributed by atoms with Gasteiger partial charge in [-0.3, -0.25) is 10.0 Å². The molecule has 9 heavy (non-hydrogen) atoms. The van der Waals surface area contributed by atoms with Crippen LogP contribution in [0.1, 0.15) is 9.67 Å². The first-order chi connectivity index (χ1) is 4.34. The summed E-state index contributed by atoms with van der Waals surface area (Å²) in [7, 11) is 0. The van der Waals surface area contributed by atoms with Crippen molar-refractivity contribution in [2.45, 2.75) is 0 Å². The minimum Gasteiger partial charge on any atom is -0.288 e. The van der Waals surface area contributed by atoms with E-state index in [1.165, 1.54) is 17.7 Å². The summed E-state index contributed by atoms with van der Waals surface area (Å²) in [6.07, 6.45) is 1.50. The second-order valence-corrected chi connectivity index (χ2v) is 2.15. The third kappa shape index (κ3) is 1.24. The van der Waals surface area contributed by atoms with E-state index in [2.05, 4.69) is 4.37 Å². The van der Waals surface area contributed by atoms with Gasteiger partial charge in [0, 0.05) is 6.20 Å². The van der Waals surface area contributed by atoms with Gasteiger partial charge in [0.05, 0.1) is 0 Å². The number of carbonyl (C=O) groups excluding carboxylic acids is 1. The lowest BCUT2D eigenvalue weighted by Gasteiger charge is -1.88. The number of hydroxylamine groups is 1. The average Bonchev–Trinajstić information content (AvgIpc) is 2.37. The van der Waals surface area contributed by atoms with Crippen LogP contribution in [0.4, 0.5) is 0 Å².